The third-order valence-corrected chi connectivity index (χ3v) is 7.56. The summed E-state index contributed by atoms with van der Waals surface area (Å²) in [4.78, 5) is 32.6. The van der Waals surface area contributed by atoms with Crippen LogP contribution in [-0.2, 0) is 0 Å². The standard InChI is InChI=1S/C31H17N9/c1-3-19-20-4-2-6-22-26-30(37-16-14-35-26)40(28(20)22)31(39-27(19)21(5-1)25-29(39)36-15-13-34-25)24(18-7-10-32-11-8-18)23-9-12-33-17-38-23/h1-17H. The minimum atomic E-state index is 0.743. The molecule has 40 heavy (non-hydrogen) atoms. The number of benzene rings is 2. The predicted octanol–water partition coefficient (Wildman–Crippen LogP) is 4.54. The van der Waals surface area contributed by atoms with Crippen LogP contribution in [0.2, 0.25) is 0 Å². The molecule has 7 heterocycles. The predicted molar refractivity (Wildman–Crippen MR) is 153 cm³/mol. The second-order valence-corrected chi connectivity index (χ2v) is 9.56. The minimum Gasteiger partial charge on any atom is -0.276 e. The van der Waals surface area contributed by atoms with Crippen molar-refractivity contribution in [3.05, 3.63) is 121 Å². The maximum absolute atomic E-state index is 4.89. The van der Waals surface area contributed by atoms with Gasteiger partial charge in [0.15, 0.2) is 11.3 Å². The zero-order valence-corrected chi connectivity index (χ0v) is 20.8. The Bertz CT molecular complexity index is 2310. The Morgan fingerprint density at radius 1 is 0.500 bits per heavy atom. The first-order valence-corrected chi connectivity index (χ1v) is 12.8. The van der Waals surface area contributed by atoms with E-state index < -0.39 is 0 Å². The Labute approximate surface area is 225 Å². The number of para-hydroxylation sites is 2. The van der Waals surface area contributed by atoms with Gasteiger partial charge in [-0.15, -0.1) is 0 Å². The molecule has 0 aliphatic carbocycles. The summed E-state index contributed by atoms with van der Waals surface area (Å²) in [5, 5.41) is 4.21. The molecular formula is C31H17N9. The SMILES string of the molecule is c1cc2c3cccc4c5nccnc5n(c(=C(c5ccncc5)c5ccncn5)n5c6nccnc6c(c1)c25)c34. The fraction of sp³-hybridized carbons (Fsp3) is 0. The molecule has 9 nitrogen and oxygen atoms in total. The summed E-state index contributed by atoms with van der Waals surface area (Å²) in [6.45, 7) is 0. The summed E-state index contributed by atoms with van der Waals surface area (Å²) in [5.74, 6) is 0. The lowest BCUT2D eigenvalue weighted by molar-refractivity contribution is 0.991. The second kappa shape index (κ2) is 7.84. The molecular weight excluding hydrogens is 498 g/mol. The monoisotopic (exact) mass is 515 g/mol. The van der Waals surface area contributed by atoms with E-state index in [0.29, 0.717) is 0 Å². The molecule has 7 aromatic heterocycles. The fourth-order valence-electron chi connectivity index (χ4n) is 6.05. The summed E-state index contributed by atoms with van der Waals surface area (Å²) in [7, 11) is 0. The molecule has 0 saturated carbocycles. The van der Waals surface area contributed by atoms with Crippen LogP contribution in [0.1, 0.15) is 11.3 Å². The van der Waals surface area contributed by atoms with Crippen molar-refractivity contribution in [1.82, 2.24) is 43.7 Å². The molecule has 9 heteroatoms. The molecule has 9 rings (SSSR count). The molecule has 0 aliphatic rings. The van der Waals surface area contributed by atoms with Crippen molar-refractivity contribution in [2.45, 2.75) is 0 Å². The van der Waals surface area contributed by atoms with E-state index in [2.05, 4.69) is 55.2 Å². The van der Waals surface area contributed by atoms with Gasteiger partial charge in [-0.25, -0.2) is 19.9 Å². The number of aromatic nitrogens is 9. The fourth-order valence-corrected chi connectivity index (χ4v) is 6.05. The topological polar surface area (TPSA) is 99.0 Å². The molecule has 9 aromatic rings. The van der Waals surface area contributed by atoms with Crippen LogP contribution in [0.4, 0.5) is 0 Å². The normalized spacial score (nSPS) is 12.0. The minimum absolute atomic E-state index is 0.743. The van der Waals surface area contributed by atoms with Crippen LogP contribution in [0.25, 0.3) is 60.5 Å². The molecule has 2 aromatic carbocycles. The van der Waals surface area contributed by atoms with Crippen LogP contribution in [0.3, 0.4) is 0 Å². The Kier molecular flexibility index (Phi) is 4.14. The van der Waals surface area contributed by atoms with E-state index >= 15 is 0 Å². The van der Waals surface area contributed by atoms with Crippen molar-refractivity contribution in [3.63, 3.8) is 0 Å². The third-order valence-electron chi connectivity index (χ3n) is 7.56. The van der Waals surface area contributed by atoms with Crippen LogP contribution in [0.15, 0.2) is 104 Å². The number of nitrogens with zero attached hydrogens (tertiary/aromatic N) is 9. The quantitative estimate of drug-likeness (QED) is 0.333. The van der Waals surface area contributed by atoms with Crippen LogP contribution in [0, 0.1) is 0 Å². The summed E-state index contributed by atoms with van der Waals surface area (Å²) in [6, 6.07) is 18.6. The van der Waals surface area contributed by atoms with E-state index in [4.69, 9.17) is 24.9 Å². The van der Waals surface area contributed by atoms with Crippen LogP contribution >= 0.6 is 0 Å². The van der Waals surface area contributed by atoms with Crippen molar-refractivity contribution in [2.24, 2.45) is 0 Å². The second-order valence-electron chi connectivity index (χ2n) is 9.56. The Hall–Kier alpha value is -5.83. The van der Waals surface area contributed by atoms with E-state index in [-0.39, 0.29) is 0 Å². The number of rotatable bonds is 2. The Balaban J connectivity index is 1.79. The van der Waals surface area contributed by atoms with Gasteiger partial charge in [-0.3, -0.25) is 23.8 Å². The van der Waals surface area contributed by atoms with Crippen LogP contribution in [-0.4, -0.2) is 43.7 Å². The number of fused-ring (bicyclic) bond motifs is 7. The van der Waals surface area contributed by atoms with E-state index in [1.54, 1.807) is 49.7 Å². The van der Waals surface area contributed by atoms with Crippen molar-refractivity contribution < 1.29 is 0 Å². The van der Waals surface area contributed by atoms with E-state index in [1.807, 2.05) is 18.2 Å². The van der Waals surface area contributed by atoms with E-state index in [1.165, 1.54) is 0 Å². The average molecular weight is 516 g/mol. The van der Waals surface area contributed by atoms with Gasteiger partial charge in [0.25, 0.3) is 0 Å². The lowest BCUT2D eigenvalue weighted by Gasteiger charge is -2.10. The zero-order valence-electron chi connectivity index (χ0n) is 20.8. The van der Waals surface area contributed by atoms with Gasteiger partial charge in [-0.05, 0) is 23.8 Å². The smallest absolute Gasteiger partial charge is 0.165 e. The van der Waals surface area contributed by atoms with E-state index in [9.17, 15) is 0 Å². The molecule has 0 atom stereocenters. The van der Waals surface area contributed by atoms with Gasteiger partial charge in [0.1, 0.15) is 22.8 Å². The summed E-state index contributed by atoms with van der Waals surface area (Å²) in [5.41, 5.74) is 8.59. The Morgan fingerprint density at radius 3 is 1.62 bits per heavy atom. The van der Waals surface area contributed by atoms with Gasteiger partial charge in [0.05, 0.1) is 16.7 Å². The van der Waals surface area contributed by atoms with Crippen LogP contribution < -0.4 is 5.48 Å². The van der Waals surface area contributed by atoms with Gasteiger partial charge < -0.3 is 0 Å². The summed E-state index contributed by atoms with van der Waals surface area (Å²) in [6.07, 6.45) is 13.9. The molecule has 0 aliphatic heterocycles. The van der Waals surface area contributed by atoms with Crippen LogP contribution in [0.5, 0.6) is 0 Å². The molecule has 0 amide bonds. The first kappa shape index (κ1) is 21.1. The molecule has 186 valence electrons. The highest BCUT2D eigenvalue weighted by atomic mass is 15.1. The molecule has 0 N–H and O–H groups in total. The highest BCUT2D eigenvalue weighted by Crippen LogP contribution is 2.36. The maximum Gasteiger partial charge on any atom is 0.165 e. The number of hydrogen-bond acceptors (Lipinski definition) is 7. The molecule has 0 bridgehead atoms. The van der Waals surface area contributed by atoms with Gasteiger partial charge >= 0.3 is 0 Å². The van der Waals surface area contributed by atoms with E-state index in [0.717, 1.165) is 77.2 Å². The highest BCUT2D eigenvalue weighted by molar-refractivity contribution is 6.22. The lowest BCUT2D eigenvalue weighted by atomic mass is 10.0. The highest BCUT2D eigenvalue weighted by Gasteiger charge is 2.23. The van der Waals surface area contributed by atoms with Crippen molar-refractivity contribution in [2.75, 3.05) is 0 Å². The van der Waals surface area contributed by atoms with Crippen molar-refractivity contribution >= 4 is 60.5 Å². The number of pyridine rings is 1. The molecule has 0 unspecified atom stereocenters. The van der Waals surface area contributed by atoms with Gasteiger partial charge in [-0.1, -0.05) is 36.4 Å². The van der Waals surface area contributed by atoms with Gasteiger partial charge in [-0.2, -0.15) is 0 Å². The van der Waals surface area contributed by atoms with Gasteiger partial charge in [0.2, 0.25) is 0 Å². The average Bonchev–Trinajstić information content (AvgIpc) is 3.50. The molecule has 0 spiro atoms. The Morgan fingerprint density at radius 2 is 1.05 bits per heavy atom. The lowest BCUT2D eigenvalue weighted by Crippen LogP contribution is -2.25. The summed E-state index contributed by atoms with van der Waals surface area (Å²) < 4.78 is 4.41. The van der Waals surface area contributed by atoms with Crippen molar-refractivity contribution in [1.29, 1.82) is 0 Å². The zero-order chi connectivity index (χ0) is 26.2. The molecule has 0 radical (unpaired) electrons. The molecule has 0 saturated heterocycles. The van der Waals surface area contributed by atoms with Gasteiger partial charge in [0, 0.05) is 70.5 Å². The third kappa shape index (κ3) is 2.67. The van der Waals surface area contributed by atoms with Crippen molar-refractivity contribution in [3.8, 4) is 0 Å². The number of hydrogen-bond donors (Lipinski definition) is 0. The maximum atomic E-state index is 4.89. The first-order chi connectivity index (χ1) is 19.9. The first-order valence-electron chi connectivity index (χ1n) is 12.8. The largest absolute Gasteiger partial charge is 0.276 e. The molecule has 0 fully saturated rings. The summed E-state index contributed by atoms with van der Waals surface area (Å²) >= 11 is 0.